The van der Waals surface area contributed by atoms with E-state index >= 15 is 0 Å². The summed E-state index contributed by atoms with van der Waals surface area (Å²) in [5.74, 6) is 4.23. The van der Waals surface area contributed by atoms with Gasteiger partial charge in [0.05, 0.1) is 40.7 Å². The van der Waals surface area contributed by atoms with Gasteiger partial charge in [0, 0.05) is 74.3 Å². The third-order valence-electron chi connectivity index (χ3n) is 21.3. The van der Waals surface area contributed by atoms with Gasteiger partial charge in [0.15, 0.2) is 94.5 Å². The summed E-state index contributed by atoms with van der Waals surface area (Å²) in [6.45, 7) is 4.11. The van der Waals surface area contributed by atoms with Gasteiger partial charge in [-0.25, -0.2) is 59.8 Å². The van der Waals surface area contributed by atoms with Crippen molar-refractivity contribution in [2.45, 2.75) is 13.8 Å². The Morgan fingerprint density at radius 1 is 0.254 bits per heavy atom. The summed E-state index contributed by atoms with van der Waals surface area (Å²) >= 11 is 0. The molecule has 0 aliphatic carbocycles. The average molecular weight is 1870 g/mol. The summed E-state index contributed by atoms with van der Waals surface area (Å²) in [6.07, 6.45) is 28.9. The van der Waals surface area contributed by atoms with Crippen molar-refractivity contribution >= 4 is 123 Å². The Morgan fingerprint density at radius 2 is 0.634 bits per heavy atom. The Balaban J connectivity index is 0.000000101. The van der Waals surface area contributed by atoms with Crippen molar-refractivity contribution < 1.29 is 48.6 Å². The quantitative estimate of drug-likeness (QED) is 0.121. The van der Waals surface area contributed by atoms with Crippen LogP contribution in [-0.2, 0) is 0 Å². The lowest BCUT2D eigenvalue weighted by atomic mass is 9.95. The molecule has 2 aliphatic rings. The first kappa shape index (κ1) is 89.2. The molecule has 0 saturated carbocycles. The van der Waals surface area contributed by atoms with Crippen LogP contribution < -0.4 is 0 Å². The van der Waals surface area contributed by atoms with Crippen molar-refractivity contribution in [1.82, 2.24) is 105 Å². The first-order chi connectivity index (χ1) is 70.3. The van der Waals surface area contributed by atoms with E-state index in [-0.39, 0.29) is 11.8 Å². The number of benzene rings is 11. The average Bonchev–Trinajstić information content (AvgIpc) is 1.64. The molecule has 27 aromatic rings. The first-order valence-electron chi connectivity index (χ1n) is 43.5. The van der Waals surface area contributed by atoms with Gasteiger partial charge < -0.3 is 48.6 Å². The van der Waals surface area contributed by atoms with Crippen LogP contribution in [0.3, 0.4) is 0 Å². The number of oxazole rings is 8. The van der Waals surface area contributed by atoms with Crippen LogP contribution in [-0.4, -0.2) is 130 Å². The smallest absolute Gasteiger partial charge is 0.305 e. The van der Waals surface area contributed by atoms with Crippen molar-refractivity contribution in [3.63, 3.8) is 0 Å². The van der Waals surface area contributed by atoms with E-state index in [9.17, 15) is 0 Å². The lowest BCUT2D eigenvalue weighted by molar-refractivity contribution is 0.508. The highest BCUT2D eigenvalue weighted by Gasteiger charge is 2.22. The van der Waals surface area contributed by atoms with Gasteiger partial charge in [0.2, 0.25) is 37.2 Å². The Hall–Kier alpha value is -20.7. The Morgan fingerprint density at radius 3 is 0.979 bits per heavy atom. The highest BCUT2D eigenvalue weighted by molar-refractivity contribution is 6.49. The van der Waals surface area contributed by atoms with Gasteiger partial charge in [-0.05, 0) is 94.8 Å². The zero-order chi connectivity index (χ0) is 95.8. The van der Waals surface area contributed by atoms with Crippen molar-refractivity contribution in [3.05, 3.63) is 398 Å². The molecular weight excluding hydrogens is 1800 g/mol. The molecule has 11 aromatic carbocycles. The molecule has 36 heteroatoms. The summed E-state index contributed by atoms with van der Waals surface area (Å²) in [4.78, 5) is 65.7. The second kappa shape index (κ2) is 43.1. The minimum Gasteiger partial charge on any atom is -0.452 e. The number of hydrogen-bond acceptors (Lipinski definition) is 35. The highest BCUT2D eigenvalue weighted by atomic mass is 16.4. The van der Waals surface area contributed by atoms with Crippen LogP contribution in [0.2, 0.25) is 0 Å². The molecule has 686 valence electrons. The Labute approximate surface area is 801 Å². The molecule has 0 amide bonds. The standard InChI is InChI=1S/C26H20N2.C24H16N2.C20H15N3.C9H3N3O3.C8H4N2O2.C6H4N2O2.C4H2N4O2.C4H2N4.C3H3NO.C2H2N2O/c1-17-15-23(19-9-5-3-6-10-19)21-13-14-22-24(20-11-7-4-8-12-20)16-18(2)28-26(22)25(21)27-17;1-3-7-17(8-4-1)19-13-15-25-23-21(19)11-12-22-20(14-16-26-24(22)23)18-9-5-2-6-10-18;1-4-10-16(11-5-1)19-21-22-20(17-12-6-2-7-13-17)23(19)18-14-8-3-9-15-18;1-10-4-7(13-1)5-9(15-2-11-5)6-8(4)14-3-12-6;1-5-8(12-3-9-5)2-6-7(1)11-4-10-6;1-3-9-5(7-1)6-8-2-4-10-6;1-5-7-3(9-1)4-8-6-2-10-4;1-5-3-4(6-1)8-2-7-3;1-2-5-3-4-1;1-3-4-2-5-1/h3-16H,1-2H3;1-16H;1-15H;1-3H;1-4H;1-4H;1-2H;1-2H;1-3H;1-2H. The lowest BCUT2D eigenvalue weighted by Crippen LogP contribution is -2.00. The molecule has 36 nitrogen and oxygen atoms in total. The molecule has 0 bridgehead atoms. The number of aromatic nitrogens is 21. The van der Waals surface area contributed by atoms with Gasteiger partial charge in [0.25, 0.3) is 11.8 Å². The van der Waals surface area contributed by atoms with E-state index in [1.807, 2.05) is 91.3 Å². The highest BCUT2D eigenvalue weighted by Crippen LogP contribution is 2.40. The zero-order valence-electron chi connectivity index (χ0n) is 74.7. The lowest BCUT2D eigenvalue weighted by Gasteiger charge is -2.13. The molecule has 2 aliphatic heterocycles. The van der Waals surface area contributed by atoms with Crippen molar-refractivity contribution in [1.29, 1.82) is 0 Å². The molecule has 0 radical (unpaired) electrons. The Bertz CT molecular complexity index is 8100. The number of nitrogens with zero attached hydrogens (tertiary/aromatic N) is 25. The minimum absolute atomic E-state index is 0.234. The van der Waals surface area contributed by atoms with Crippen molar-refractivity contribution in [2.24, 2.45) is 20.0 Å². The molecular formula is C106H71N25O11. The van der Waals surface area contributed by atoms with Gasteiger partial charge in [-0.2, -0.15) is 0 Å². The van der Waals surface area contributed by atoms with Crippen molar-refractivity contribution in [2.75, 3.05) is 0 Å². The monoisotopic (exact) mass is 1870 g/mol. The number of amidine groups is 2. The zero-order valence-corrected chi connectivity index (χ0v) is 74.7. The topological polar surface area (TPSA) is 457 Å². The van der Waals surface area contributed by atoms with E-state index in [4.69, 9.17) is 49.7 Å². The molecule has 0 saturated heterocycles. The van der Waals surface area contributed by atoms with E-state index in [2.05, 4.69) is 320 Å². The summed E-state index contributed by atoms with van der Waals surface area (Å²) in [5.41, 5.74) is 25.1. The molecule has 0 N–H and O–H groups in total. The van der Waals surface area contributed by atoms with Crippen LogP contribution in [0.15, 0.2) is 455 Å². The molecule has 0 spiro atoms. The molecule has 142 heavy (non-hydrogen) atoms. The van der Waals surface area contributed by atoms with Crippen LogP contribution >= 0.6 is 0 Å². The maximum Gasteiger partial charge on any atom is 0.305 e. The number of hydrogen-bond donors (Lipinski definition) is 0. The van der Waals surface area contributed by atoms with E-state index in [0.29, 0.717) is 56.8 Å². The fraction of sp³-hybridized carbons (Fsp3) is 0.0189. The largest absolute Gasteiger partial charge is 0.452 e. The van der Waals surface area contributed by atoms with Gasteiger partial charge >= 0.3 is 11.8 Å². The second-order valence-electron chi connectivity index (χ2n) is 30.2. The minimum atomic E-state index is 0.234. The van der Waals surface area contributed by atoms with Gasteiger partial charge in [-0.1, -0.05) is 224 Å². The molecule has 16 aromatic heterocycles. The third-order valence-corrected chi connectivity index (χ3v) is 21.3. The molecule has 0 atom stereocenters. The summed E-state index contributed by atoms with van der Waals surface area (Å²) in [6, 6.07) is 93.2. The summed E-state index contributed by atoms with van der Waals surface area (Å²) < 4.78 is 56.2. The molecule has 0 unspecified atom stereocenters. The van der Waals surface area contributed by atoms with Crippen LogP contribution in [0, 0.1) is 13.8 Å². The molecule has 0 fully saturated rings. The van der Waals surface area contributed by atoms with E-state index in [1.165, 1.54) is 140 Å². The predicted molar refractivity (Wildman–Crippen MR) is 531 cm³/mol. The van der Waals surface area contributed by atoms with Gasteiger partial charge in [0.1, 0.15) is 42.5 Å². The predicted octanol–water partition coefficient (Wildman–Crippen LogP) is 23.6. The number of rotatable bonds is 9. The number of aryl methyl sites for hydroxylation is 2. The third kappa shape index (κ3) is 20.4. The summed E-state index contributed by atoms with van der Waals surface area (Å²) in [7, 11) is 0. The molecule has 29 rings (SSSR count). The SMILES string of the molecule is C1=NC2=NC=NC2=N1.Cc1cc(-c2ccccc2)c2ccc3c(-c4ccccc4)cc(C)nc3c2n1.c1ccc(-c2ccnc3c2ccc2c(-c4ccccc4)ccnc23)cc1.c1ccc(-c2nnc(-c3ccccc3)n2-c2ccccc2)cc1.c1coc(-c2ncco2)n1.c1cocn1.c1nc2c(o1)c1ncoc1c1ncoc21.c1nc2cc3ocnc3cc2o1.c1nnc(-c2nnco2)o1.c1nnco1. The number of aliphatic imine (C=N–C) groups is 4. The van der Waals surface area contributed by atoms with Gasteiger partial charge in [-0.3, -0.25) is 24.5 Å². The Kier molecular flexibility index (Phi) is 27.1. The number of para-hydroxylation sites is 1. The van der Waals surface area contributed by atoms with Crippen LogP contribution in [0.5, 0.6) is 0 Å². The van der Waals surface area contributed by atoms with Gasteiger partial charge in [-0.15, -0.1) is 40.8 Å². The number of fused-ring (bicyclic) bond motifs is 15. The van der Waals surface area contributed by atoms with Crippen molar-refractivity contribution in [3.8, 4) is 96.5 Å². The fourth-order valence-electron chi connectivity index (χ4n) is 15.2. The normalized spacial score (nSPS) is 11.3. The molecule has 18 heterocycles. The summed E-state index contributed by atoms with van der Waals surface area (Å²) in [5, 5.41) is 34.0. The van der Waals surface area contributed by atoms with E-state index in [1.54, 1.807) is 30.7 Å². The maximum absolute atomic E-state index is 5.25. The van der Waals surface area contributed by atoms with E-state index < -0.39 is 0 Å². The maximum atomic E-state index is 5.25. The second-order valence-corrected chi connectivity index (χ2v) is 30.2. The van der Waals surface area contributed by atoms with Crippen LogP contribution in [0.1, 0.15) is 11.4 Å². The van der Waals surface area contributed by atoms with E-state index in [0.717, 1.165) is 106 Å². The fourth-order valence-corrected chi connectivity index (χ4v) is 15.2. The van der Waals surface area contributed by atoms with Crippen LogP contribution in [0.4, 0.5) is 0 Å². The van der Waals surface area contributed by atoms with Crippen LogP contribution in [0.25, 0.3) is 196 Å². The first-order valence-corrected chi connectivity index (χ1v) is 43.5. The number of pyridine rings is 4.